The molecule has 0 amide bonds. The summed E-state index contributed by atoms with van der Waals surface area (Å²) < 4.78 is 0. The van der Waals surface area contributed by atoms with E-state index in [0.29, 0.717) is 6.04 Å². The number of rotatable bonds is 4. The van der Waals surface area contributed by atoms with Crippen molar-refractivity contribution >= 4 is 0 Å². The van der Waals surface area contributed by atoms with Crippen molar-refractivity contribution in [1.82, 2.24) is 4.90 Å². The summed E-state index contributed by atoms with van der Waals surface area (Å²) >= 11 is 0. The number of hydrogen-bond acceptors (Lipinski definition) is 2. The molecule has 3 atom stereocenters. The Balaban J connectivity index is 2.28. The Bertz CT molecular complexity index is 147. The van der Waals surface area contributed by atoms with Crippen LogP contribution in [0.25, 0.3) is 0 Å². The summed E-state index contributed by atoms with van der Waals surface area (Å²) in [5.41, 5.74) is 6.03. The number of nitrogens with two attached hydrogens (primary N) is 1. The zero-order valence-electron chi connectivity index (χ0n) is 9.29. The van der Waals surface area contributed by atoms with Crippen LogP contribution >= 0.6 is 0 Å². The molecule has 13 heavy (non-hydrogen) atoms. The summed E-state index contributed by atoms with van der Waals surface area (Å²) in [4.78, 5) is 2.55. The molecule has 1 aliphatic heterocycles. The first-order valence-electron chi connectivity index (χ1n) is 5.63. The lowest BCUT2D eigenvalue weighted by Gasteiger charge is -2.24. The van der Waals surface area contributed by atoms with Crippen molar-refractivity contribution in [1.29, 1.82) is 0 Å². The standard InChI is InChI=1S/C11H24N2/c1-4-5-11(12)8-13-7-9(2)6-10(13)3/h9-11H,4-8,12H2,1-3H3. The van der Waals surface area contributed by atoms with Gasteiger partial charge in [-0.1, -0.05) is 20.3 Å². The van der Waals surface area contributed by atoms with Gasteiger partial charge in [0.15, 0.2) is 0 Å². The zero-order chi connectivity index (χ0) is 9.84. The van der Waals surface area contributed by atoms with Crippen molar-refractivity contribution in [2.24, 2.45) is 11.7 Å². The van der Waals surface area contributed by atoms with E-state index < -0.39 is 0 Å². The minimum atomic E-state index is 0.387. The molecule has 2 N–H and O–H groups in total. The van der Waals surface area contributed by atoms with Crippen molar-refractivity contribution < 1.29 is 0 Å². The van der Waals surface area contributed by atoms with E-state index in [4.69, 9.17) is 5.73 Å². The van der Waals surface area contributed by atoms with Crippen LogP contribution in [0.1, 0.15) is 40.0 Å². The lowest BCUT2D eigenvalue weighted by atomic mass is 10.1. The highest BCUT2D eigenvalue weighted by Gasteiger charge is 2.26. The Morgan fingerprint density at radius 3 is 2.62 bits per heavy atom. The molecule has 1 aliphatic rings. The van der Waals surface area contributed by atoms with Crippen molar-refractivity contribution in [3.8, 4) is 0 Å². The van der Waals surface area contributed by atoms with Crippen LogP contribution in [0.15, 0.2) is 0 Å². The third kappa shape index (κ3) is 3.28. The van der Waals surface area contributed by atoms with Crippen molar-refractivity contribution in [3.05, 3.63) is 0 Å². The van der Waals surface area contributed by atoms with Crippen LogP contribution in [-0.2, 0) is 0 Å². The smallest absolute Gasteiger partial charge is 0.0167 e. The summed E-state index contributed by atoms with van der Waals surface area (Å²) in [6.45, 7) is 9.21. The molecular formula is C11H24N2. The van der Waals surface area contributed by atoms with Crippen LogP contribution in [0, 0.1) is 5.92 Å². The first-order chi connectivity index (χ1) is 6.13. The van der Waals surface area contributed by atoms with Crippen molar-refractivity contribution in [2.45, 2.75) is 52.1 Å². The van der Waals surface area contributed by atoms with Crippen LogP contribution in [0.2, 0.25) is 0 Å². The zero-order valence-corrected chi connectivity index (χ0v) is 9.29. The molecular weight excluding hydrogens is 160 g/mol. The van der Waals surface area contributed by atoms with E-state index in [-0.39, 0.29) is 0 Å². The summed E-state index contributed by atoms with van der Waals surface area (Å²) in [7, 11) is 0. The molecule has 78 valence electrons. The molecule has 1 rings (SSSR count). The van der Waals surface area contributed by atoms with Gasteiger partial charge in [0.2, 0.25) is 0 Å². The van der Waals surface area contributed by atoms with Gasteiger partial charge in [0.05, 0.1) is 0 Å². The Kier molecular flexibility index (Phi) is 4.20. The minimum absolute atomic E-state index is 0.387. The van der Waals surface area contributed by atoms with Gasteiger partial charge in [0, 0.05) is 25.2 Å². The summed E-state index contributed by atoms with van der Waals surface area (Å²) in [6.07, 6.45) is 3.72. The van der Waals surface area contributed by atoms with Crippen LogP contribution in [0.3, 0.4) is 0 Å². The van der Waals surface area contributed by atoms with E-state index in [1.807, 2.05) is 0 Å². The molecule has 0 saturated carbocycles. The highest BCUT2D eigenvalue weighted by molar-refractivity contribution is 4.82. The van der Waals surface area contributed by atoms with Crippen molar-refractivity contribution in [3.63, 3.8) is 0 Å². The van der Waals surface area contributed by atoms with Crippen LogP contribution in [0.5, 0.6) is 0 Å². The largest absolute Gasteiger partial charge is 0.327 e. The number of nitrogens with zero attached hydrogens (tertiary/aromatic N) is 1. The van der Waals surface area contributed by atoms with Gasteiger partial charge in [0.25, 0.3) is 0 Å². The second kappa shape index (κ2) is 4.97. The number of hydrogen-bond donors (Lipinski definition) is 1. The normalized spacial score (nSPS) is 32.3. The summed E-state index contributed by atoms with van der Waals surface area (Å²) in [5, 5.41) is 0. The second-order valence-electron chi connectivity index (χ2n) is 4.69. The van der Waals surface area contributed by atoms with E-state index in [1.54, 1.807) is 0 Å². The van der Waals surface area contributed by atoms with Crippen molar-refractivity contribution in [2.75, 3.05) is 13.1 Å². The molecule has 1 heterocycles. The Hall–Kier alpha value is -0.0800. The summed E-state index contributed by atoms with van der Waals surface area (Å²) in [5.74, 6) is 0.865. The fourth-order valence-electron chi connectivity index (χ4n) is 2.40. The minimum Gasteiger partial charge on any atom is -0.327 e. The third-order valence-corrected chi connectivity index (χ3v) is 3.04. The highest BCUT2D eigenvalue weighted by Crippen LogP contribution is 2.22. The van der Waals surface area contributed by atoms with Gasteiger partial charge in [-0.2, -0.15) is 0 Å². The van der Waals surface area contributed by atoms with Gasteiger partial charge in [-0.3, -0.25) is 4.90 Å². The molecule has 2 heteroatoms. The highest BCUT2D eigenvalue weighted by atomic mass is 15.2. The lowest BCUT2D eigenvalue weighted by Crippen LogP contribution is -2.39. The molecule has 0 aromatic heterocycles. The molecule has 0 aromatic rings. The van der Waals surface area contributed by atoms with Crippen LogP contribution in [-0.4, -0.2) is 30.1 Å². The van der Waals surface area contributed by atoms with Gasteiger partial charge < -0.3 is 5.73 Å². The Labute approximate surface area is 82.5 Å². The average Bonchev–Trinajstić information content (AvgIpc) is 2.30. The molecule has 0 aliphatic carbocycles. The van der Waals surface area contributed by atoms with E-state index in [0.717, 1.165) is 24.9 Å². The monoisotopic (exact) mass is 184 g/mol. The SMILES string of the molecule is CCCC(N)CN1CC(C)CC1C. The first-order valence-corrected chi connectivity index (χ1v) is 5.63. The van der Waals surface area contributed by atoms with Crippen LogP contribution in [0.4, 0.5) is 0 Å². The van der Waals surface area contributed by atoms with E-state index in [1.165, 1.54) is 19.4 Å². The van der Waals surface area contributed by atoms with E-state index in [9.17, 15) is 0 Å². The van der Waals surface area contributed by atoms with Gasteiger partial charge in [0.1, 0.15) is 0 Å². The number of likely N-dealkylation sites (tertiary alicyclic amines) is 1. The quantitative estimate of drug-likeness (QED) is 0.722. The molecule has 2 nitrogen and oxygen atoms in total. The maximum atomic E-state index is 6.03. The predicted molar refractivity (Wildman–Crippen MR) is 57.7 cm³/mol. The van der Waals surface area contributed by atoms with E-state index >= 15 is 0 Å². The second-order valence-corrected chi connectivity index (χ2v) is 4.69. The lowest BCUT2D eigenvalue weighted by molar-refractivity contribution is 0.244. The Morgan fingerprint density at radius 2 is 2.15 bits per heavy atom. The fraction of sp³-hybridized carbons (Fsp3) is 1.00. The fourth-order valence-corrected chi connectivity index (χ4v) is 2.40. The maximum absolute atomic E-state index is 6.03. The Morgan fingerprint density at radius 1 is 1.46 bits per heavy atom. The molecule has 0 spiro atoms. The topological polar surface area (TPSA) is 29.3 Å². The molecule has 0 radical (unpaired) electrons. The summed E-state index contributed by atoms with van der Waals surface area (Å²) in [6, 6.07) is 1.13. The van der Waals surface area contributed by atoms with Gasteiger partial charge in [-0.15, -0.1) is 0 Å². The first kappa shape index (κ1) is 11.0. The van der Waals surface area contributed by atoms with Gasteiger partial charge in [-0.05, 0) is 25.7 Å². The molecule has 1 fully saturated rings. The van der Waals surface area contributed by atoms with Gasteiger partial charge in [-0.25, -0.2) is 0 Å². The van der Waals surface area contributed by atoms with Gasteiger partial charge >= 0.3 is 0 Å². The average molecular weight is 184 g/mol. The van der Waals surface area contributed by atoms with Crippen LogP contribution < -0.4 is 5.73 Å². The maximum Gasteiger partial charge on any atom is 0.0167 e. The molecule has 3 unspecified atom stereocenters. The predicted octanol–water partition coefficient (Wildman–Crippen LogP) is 1.84. The molecule has 1 saturated heterocycles. The molecule has 0 bridgehead atoms. The van der Waals surface area contributed by atoms with E-state index in [2.05, 4.69) is 25.7 Å². The molecule has 0 aromatic carbocycles. The third-order valence-electron chi connectivity index (χ3n) is 3.04.